The Kier molecular flexibility index (Phi) is 6.51. The molecule has 3 rings (SSSR count). The molecule has 0 aliphatic heterocycles. The van der Waals surface area contributed by atoms with Gasteiger partial charge in [0.15, 0.2) is 0 Å². The number of ether oxygens (including phenoxy) is 1. The van der Waals surface area contributed by atoms with E-state index in [4.69, 9.17) is 9.26 Å². The zero-order valence-electron chi connectivity index (χ0n) is 14.5. The van der Waals surface area contributed by atoms with Crippen LogP contribution < -0.4 is 10.1 Å². The minimum absolute atomic E-state index is 0.0858. The zero-order valence-corrected chi connectivity index (χ0v) is 14.5. The first kappa shape index (κ1) is 17.7. The fraction of sp³-hybridized carbons (Fsp3) is 0.263. The van der Waals surface area contributed by atoms with Gasteiger partial charge in [0, 0.05) is 5.56 Å². The van der Waals surface area contributed by atoms with E-state index in [0.717, 1.165) is 16.9 Å². The molecule has 0 saturated heterocycles. The van der Waals surface area contributed by atoms with Gasteiger partial charge >= 0.3 is 0 Å². The van der Waals surface area contributed by atoms with E-state index in [1.54, 1.807) is 0 Å². The highest BCUT2D eigenvalue weighted by atomic mass is 16.5. The number of aromatic nitrogens is 2. The van der Waals surface area contributed by atoms with Gasteiger partial charge < -0.3 is 14.6 Å². The molecule has 0 fully saturated rings. The summed E-state index contributed by atoms with van der Waals surface area (Å²) in [5, 5.41) is 6.79. The van der Waals surface area contributed by atoms with E-state index < -0.39 is 0 Å². The quantitative estimate of drug-likeness (QED) is 0.785. The Hall–Kier alpha value is -2.66. The van der Waals surface area contributed by atoms with Crippen LogP contribution >= 0.6 is 0 Å². The summed E-state index contributed by atoms with van der Waals surface area (Å²) in [6, 6.07) is 17.4. The van der Waals surface area contributed by atoms with Crippen molar-refractivity contribution < 1.29 is 9.26 Å². The molecule has 0 radical (unpaired) electrons. The van der Waals surface area contributed by atoms with Gasteiger partial charge in [-0.25, -0.2) is 0 Å². The number of benzene rings is 2. The molecule has 2 aromatic carbocycles. The number of nitrogens with one attached hydrogen (secondary N) is 1. The predicted octanol–water partition coefficient (Wildman–Crippen LogP) is 4.03. The van der Waals surface area contributed by atoms with Crippen molar-refractivity contribution in [2.45, 2.75) is 20.0 Å². The normalized spacial score (nSPS) is 10.2. The molecule has 5 heteroatoms. The van der Waals surface area contributed by atoms with Crippen molar-refractivity contribution in [1.82, 2.24) is 15.5 Å². The largest absolute Gasteiger partial charge is 0.490 e. The molecular formula is C19H23N3O2. The fourth-order valence-corrected chi connectivity index (χ4v) is 2.04. The van der Waals surface area contributed by atoms with Crippen molar-refractivity contribution in [3.05, 3.63) is 54.6 Å². The Morgan fingerprint density at radius 3 is 2.25 bits per heavy atom. The maximum absolute atomic E-state index is 5.79. The van der Waals surface area contributed by atoms with Crippen LogP contribution in [0.5, 0.6) is 5.75 Å². The second-order valence-electron chi connectivity index (χ2n) is 5.45. The number of rotatable bonds is 4. The molecule has 1 N–H and O–H groups in total. The molecule has 1 heterocycles. The van der Waals surface area contributed by atoms with E-state index in [-0.39, 0.29) is 6.10 Å². The Morgan fingerprint density at radius 2 is 1.58 bits per heavy atom. The summed E-state index contributed by atoms with van der Waals surface area (Å²) < 4.78 is 11.2. The lowest BCUT2D eigenvalue weighted by Gasteiger charge is -2.11. The van der Waals surface area contributed by atoms with E-state index >= 15 is 0 Å². The van der Waals surface area contributed by atoms with Crippen molar-refractivity contribution in [3.8, 4) is 28.6 Å². The number of nitrogens with zero attached hydrogens (tertiary/aromatic N) is 2. The first-order chi connectivity index (χ1) is 11.7. The van der Waals surface area contributed by atoms with Crippen molar-refractivity contribution >= 4 is 0 Å². The Balaban J connectivity index is 0.000000647. The van der Waals surface area contributed by atoms with Crippen LogP contribution in [-0.2, 0) is 0 Å². The summed E-state index contributed by atoms with van der Waals surface area (Å²) in [5.41, 5.74) is 1.73. The van der Waals surface area contributed by atoms with Gasteiger partial charge in [-0.3, -0.25) is 0 Å². The topological polar surface area (TPSA) is 60.2 Å². The maximum atomic E-state index is 5.79. The summed E-state index contributed by atoms with van der Waals surface area (Å²) in [4.78, 5) is 4.46. The Morgan fingerprint density at radius 1 is 0.958 bits per heavy atom. The third kappa shape index (κ3) is 4.67. The second kappa shape index (κ2) is 8.84. The van der Waals surface area contributed by atoms with Gasteiger partial charge in [0.05, 0.1) is 11.7 Å². The number of hydrogen-bond donors (Lipinski definition) is 1. The average Bonchev–Trinajstić information content (AvgIpc) is 3.06. The third-order valence-electron chi connectivity index (χ3n) is 2.94. The van der Waals surface area contributed by atoms with Crippen LogP contribution in [0.4, 0.5) is 0 Å². The first-order valence-corrected chi connectivity index (χ1v) is 7.89. The molecule has 1 aromatic heterocycles. The van der Waals surface area contributed by atoms with Crippen LogP contribution in [0.2, 0.25) is 0 Å². The summed E-state index contributed by atoms with van der Waals surface area (Å²) in [7, 11) is 3.75. The SMILES string of the molecule is CC(C)Oc1ccccc1-c1nc(-c2ccccc2)no1.CNC. The van der Waals surface area contributed by atoms with Gasteiger partial charge in [0.2, 0.25) is 5.82 Å². The molecule has 0 bridgehead atoms. The molecule has 3 aromatic rings. The van der Waals surface area contributed by atoms with E-state index in [1.165, 1.54) is 0 Å². The minimum Gasteiger partial charge on any atom is -0.490 e. The van der Waals surface area contributed by atoms with Crippen LogP contribution in [0.1, 0.15) is 13.8 Å². The molecule has 0 aliphatic carbocycles. The molecule has 5 nitrogen and oxygen atoms in total. The molecule has 126 valence electrons. The van der Waals surface area contributed by atoms with E-state index in [2.05, 4.69) is 15.5 Å². The highest BCUT2D eigenvalue weighted by Gasteiger charge is 2.15. The smallest absolute Gasteiger partial charge is 0.262 e. The van der Waals surface area contributed by atoms with E-state index in [0.29, 0.717) is 11.7 Å². The lowest BCUT2D eigenvalue weighted by Crippen LogP contribution is -2.06. The van der Waals surface area contributed by atoms with Crippen LogP contribution in [0.3, 0.4) is 0 Å². The molecule has 0 aliphatic rings. The van der Waals surface area contributed by atoms with Gasteiger partial charge in [0.25, 0.3) is 5.89 Å². The lowest BCUT2D eigenvalue weighted by atomic mass is 10.2. The number of para-hydroxylation sites is 1. The van der Waals surface area contributed by atoms with Gasteiger partial charge in [-0.15, -0.1) is 0 Å². The summed E-state index contributed by atoms with van der Waals surface area (Å²) in [6.07, 6.45) is 0.0858. The molecule has 0 unspecified atom stereocenters. The maximum Gasteiger partial charge on any atom is 0.262 e. The van der Waals surface area contributed by atoms with Crippen molar-refractivity contribution in [1.29, 1.82) is 0 Å². The highest BCUT2D eigenvalue weighted by Crippen LogP contribution is 2.30. The highest BCUT2D eigenvalue weighted by molar-refractivity contribution is 5.65. The van der Waals surface area contributed by atoms with Crippen LogP contribution in [0.25, 0.3) is 22.8 Å². The van der Waals surface area contributed by atoms with E-state index in [9.17, 15) is 0 Å². The molecular weight excluding hydrogens is 302 g/mol. The monoisotopic (exact) mass is 325 g/mol. The molecule has 0 saturated carbocycles. The minimum atomic E-state index is 0.0858. The molecule has 0 spiro atoms. The van der Waals surface area contributed by atoms with Crippen molar-refractivity contribution in [2.24, 2.45) is 0 Å². The number of hydrogen-bond acceptors (Lipinski definition) is 5. The van der Waals surface area contributed by atoms with Gasteiger partial charge in [0.1, 0.15) is 5.75 Å². The van der Waals surface area contributed by atoms with Gasteiger partial charge in [-0.1, -0.05) is 47.6 Å². The van der Waals surface area contributed by atoms with Crippen molar-refractivity contribution in [3.63, 3.8) is 0 Å². The van der Waals surface area contributed by atoms with Gasteiger partial charge in [-0.05, 0) is 40.1 Å². The first-order valence-electron chi connectivity index (χ1n) is 7.89. The predicted molar refractivity (Wildman–Crippen MR) is 95.9 cm³/mol. The molecule has 0 amide bonds. The van der Waals surface area contributed by atoms with Gasteiger partial charge in [-0.2, -0.15) is 4.98 Å². The Labute approximate surface area is 142 Å². The van der Waals surface area contributed by atoms with Crippen LogP contribution in [0, 0.1) is 0 Å². The van der Waals surface area contributed by atoms with Crippen LogP contribution in [-0.4, -0.2) is 30.3 Å². The average molecular weight is 325 g/mol. The fourth-order valence-electron chi connectivity index (χ4n) is 2.04. The molecule has 24 heavy (non-hydrogen) atoms. The summed E-state index contributed by atoms with van der Waals surface area (Å²) in [6.45, 7) is 3.97. The zero-order chi connectivity index (χ0) is 17.4. The lowest BCUT2D eigenvalue weighted by molar-refractivity contribution is 0.242. The van der Waals surface area contributed by atoms with Crippen molar-refractivity contribution in [2.75, 3.05) is 14.1 Å². The van der Waals surface area contributed by atoms with E-state index in [1.807, 2.05) is 82.5 Å². The van der Waals surface area contributed by atoms with Crippen LogP contribution in [0.15, 0.2) is 59.1 Å². The standard InChI is InChI=1S/C17H16N2O2.C2H7N/c1-12(2)20-15-11-7-6-10-14(15)17-18-16(19-21-17)13-8-4-3-5-9-13;1-3-2/h3-12H,1-2H3;3H,1-2H3. The summed E-state index contributed by atoms with van der Waals surface area (Å²) in [5.74, 6) is 1.78. The third-order valence-corrected chi connectivity index (χ3v) is 2.94. The molecule has 0 atom stereocenters. The second-order valence-corrected chi connectivity index (χ2v) is 5.45. The summed E-state index contributed by atoms with van der Waals surface area (Å²) >= 11 is 0. The Bertz CT molecular complexity index is 739.